The van der Waals surface area contributed by atoms with Crippen LogP contribution in [0.3, 0.4) is 0 Å². The van der Waals surface area contributed by atoms with Crippen LogP contribution in [0, 0.1) is 13.8 Å². The maximum atomic E-state index is 11.1. The van der Waals surface area contributed by atoms with E-state index in [0.717, 1.165) is 11.1 Å². The van der Waals surface area contributed by atoms with Gasteiger partial charge in [0.15, 0.2) is 0 Å². The molecule has 1 rings (SSSR count). The molecule has 14 heavy (non-hydrogen) atoms. The molecule has 0 heterocycles. The van der Waals surface area contributed by atoms with E-state index in [2.05, 4.69) is 0 Å². The summed E-state index contributed by atoms with van der Waals surface area (Å²) in [6.07, 6.45) is 0.347. The van der Waals surface area contributed by atoms with Crippen LogP contribution >= 0.6 is 0 Å². The van der Waals surface area contributed by atoms with Crippen LogP contribution in [-0.4, -0.2) is 11.1 Å². The number of benzene rings is 1. The zero-order chi connectivity index (χ0) is 10.7. The molecule has 0 radical (unpaired) electrons. The van der Waals surface area contributed by atoms with Gasteiger partial charge in [0.05, 0.1) is 0 Å². The molecule has 0 aromatic heterocycles. The molecule has 0 bridgehead atoms. The Hall–Kier alpha value is -1.51. The molecule has 0 saturated carbocycles. The minimum absolute atomic E-state index is 0.191. The number of aryl methyl sites for hydroxylation is 2. The lowest BCUT2D eigenvalue weighted by Crippen LogP contribution is -2.07. The van der Waals surface area contributed by atoms with Crippen molar-refractivity contribution in [3.8, 4) is 11.5 Å². The van der Waals surface area contributed by atoms with E-state index in [1.165, 1.54) is 0 Å². The van der Waals surface area contributed by atoms with Crippen molar-refractivity contribution in [1.82, 2.24) is 0 Å². The number of carbonyl (C=O) groups excluding carboxylic acids is 1. The van der Waals surface area contributed by atoms with Crippen LogP contribution < -0.4 is 4.74 Å². The molecule has 0 atom stereocenters. The first kappa shape index (κ1) is 10.6. The van der Waals surface area contributed by atoms with E-state index in [4.69, 9.17) is 4.74 Å². The molecular formula is C11H14O3. The molecule has 1 N–H and O–H groups in total. The van der Waals surface area contributed by atoms with Crippen LogP contribution in [0.15, 0.2) is 12.1 Å². The highest BCUT2D eigenvalue weighted by Crippen LogP contribution is 2.27. The normalized spacial score (nSPS) is 9.93. The van der Waals surface area contributed by atoms with Crippen molar-refractivity contribution >= 4 is 5.97 Å². The number of esters is 1. The minimum atomic E-state index is -0.262. The average Bonchev–Trinajstić information content (AvgIpc) is 2.10. The second-order valence-electron chi connectivity index (χ2n) is 3.24. The summed E-state index contributed by atoms with van der Waals surface area (Å²) >= 11 is 0. The molecule has 0 aliphatic rings. The first-order chi connectivity index (χ1) is 6.54. The third-order valence-corrected chi connectivity index (χ3v) is 1.95. The standard InChI is InChI=1S/C11H14O3/c1-4-10(13)14-11-7(2)5-9(12)6-8(11)3/h5-6,12H,4H2,1-3H3. The Morgan fingerprint density at radius 2 is 1.86 bits per heavy atom. The summed E-state index contributed by atoms with van der Waals surface area (Å²) in [7, 11) is 0. The molecule has 0 fully saturated rings. The number of ether oxygens (including phenoxy) is 1. The Balaban J connectivity index is 3.02. The summed E-state index contributed by atoms with van der Waals surface area (Å²) < 4.78 is 5.13. The van der Waals surface area contributed by atoms with Crippen LogP contribution in [0.2, 0.25) is 0 Å². The van der Waals surface area contributed by atoms with E-state index < -0.39 is 0 Å². The quantitative estimate of drug-likeness (QED) is 0.580. The molecule has 0 spiro atoms. The molecule has 1 aromatic rings. The summed E-state index contributed by atoms with van der Waals surface area (Å²) in [5.74, 6) is 0.479. The Morgan fingerprint density at radius 3 is 2.29 bits per heavy atom. The lowest BCUT2D eigenvalue weighted by molar-refractivity contribution is -0.134. The molecule has 0 unspecified atom stereocenters. The van der Waals surface area contributed by atoms with Gasteiger partial charge >= 0.3 is 5.97 Å². The van der Waals surface area contributed by atoms with Crippen LogP contribution in [0.25, 0.3) is 0 Å². The summed E-state index contributed by atoms with van der Waals surface area (Å²) in [5, 5.41) is 9.27. The van der Waals surface area contributed by atoms with Gasteiger partial charge in [-0.3, -0.25) is 4.79 Å². The zero-order valence-corrected chi connectivity index (χ0v) is 8.63. The van der Waals surface area contributed by atoms with Crippen LogP contribution in [0.4, 0.5) is 0 Å². The third kappa shape index (κ3) is 2.25. The van der Waals surface area contributed by atoms with Gasteiger partial charge in [-0.2, -0.15) is 0 Å². The van der Waals surface area contributed by atoms with Gasteiger partial charge in [-0.25, -0.2) is 0 Å². The Bertz CT molecular complexity index is 333. The number of hydrogen-bond acceptors (Lipinski definition) is 3. The van der Waals surface area contributed by atoms with Crippen molar-refractivity contribution in [1.29, 1.82) is 0 Å². The number of phenols is 1. The number of carbonyl (C=O) groups is 1. The maximum Gasteiger partial charge on any atom is 0.310 e. The Kier molecular flexibility index (Phi) is 3.12. The molecule has 3 nitrogen and oxygen atoms in total. The predicted octanol–water partition coefficient (Wildman–Crippen LogP) is 2.32. The average molecular weight is 194 g/mol. The highest BCUT2D eigenvalue weighted by molar-refractivity contribution is 5.73. The summed E-state index contributed by atoms with van der Waals surface area (Å²) in [4.78, 5) is 11.1. The highest BCUT2D eigenvalue weighted by atomic mass is 16.5. The molecule has 1 aromatic carbocycles. The Morgan fingerprint density at radius 1 is 1.36 bits per heavy atom. The summed E-state index contributed by atoms with van der Waals surface area (Å²) in [6.45, 7) is 5.34. The summed E-state index contributed by atoms with van der Waals surface area (Å²) in [6, 6.07) is 3.15. The largest absolute Gasteiger partial charge is 0.508 e. The predicted molar refractivity (Wildman–Crippen MR) is 53.5 cm³/mol. The van der Waals surface area contributed by atoms with Crippen LogP contribution in [0.1, 0.15) is 24.5 Å². The van der Waals surface area contributed by atoms with Crippen molar-refractivity contribution in [3.05, 3.63) is 23.3 Å². The van der Waals surface area contributed by atoms with Gasteiger partial charge in [-0.1, -0.05) is 6.92 Å². The van der Waals surface area contributed by atoms with E-state index in [0.29, 0.717) is 12.2 Å². The molecule has 0 aliphatic heterocycles. The third-order valence-electron chi connectivity index (χ3n) is 1.95. The first-order valence-electron chi connectivity index (χ1n) is 4.55. The van der Waals surface area contributed by atoms with E-state index in [-0.39, 0.29) is 11.7 Å². The molecule has 0 amide bonds. The number of phenolic OH excluding ortho intramolecular Hbond substituents is 1. The van der Waals surface area contributed by atoms with Gasteiger partial charge in [0.25, 0.3) is 0 Å². The molecule has 3 heteroatoms. The second-order valence-corrected chi connectivity index (χ2v) is 3.24. The van der Waals surface area contributed by atoms with E-state index in [1.54, 1.807) is 32.9 Å². The van der Waals surface area contributed by atoms with Crippen molar-refractivity contribution in [3.63, 3.8) is 0 Å². The van der Waals surface area contributed by atoms with Gasteiger partial charge in [0.2, 0.25) is 0 Å². The van der Waals surface area contributed by atoms with Gasteiger partial charge in [0, 0.05) is 6.42 Å². The van der Waals surface area contributed by atoms with E-state index >= 15 is 0 Å². The smallest absolute Gasteiger partial charge is 0.310 e. The second kappa shape index (κ2) is 4.13. The fraction of sp³-hybridized carbons (Fsp3) is 0.364. The molecule has 0 saturated heterocycles. The number of aromatic hydroxyl groups is 1. The minimum Gasteiger partial charge on any atom is -0.508 e. The van der Waals surface area contributed by atoms with Gasteiger partial charge in [-0.05, 0) is 37.1 Å². The van der Waals surface area contributed by atoms with Crippen molar-refractivity contribution in [2.24, 2.45) is 0 Å². The van der Waals surface area contributed by atoms with Gasteiger partial charge in [0.1, 0.15) is 11.5 Å². The van der Waals surface area contributed by atoms with Crippen molar-refractivity contribution in [2.45, 2.75) is 27.2 Å². The molecular weight excluding hydrogens is 180 g/mol. The fourth-order valence-corrected chi connectivity index (χ4v) is 1.27. The van der Waals surface area contributed by atoms with Crippen molar-refractivity contribution < 1.29 is 14.6 Å². The number of rotatable bonds is 2. The highest BCUT2D eigenvalue weighted by Gasteiger charge is 2.09. The molecule has 0 aliphatic carbocycles. The van der Waals surface area contributed by atoms with Gasteiger partial charge in [-0.15, -0.1) is 0 Å². The summed E-state index contributed by atoms with van der Waals surface area (Å²) in [5.41, 5.74) is 1.54. The fourth-order valence-electron chi connectivity index (χ4n) is 1.27. The maximum absolute atomic E-state index is 11.1. The zero-order valence-electron chi connectivity index (χ0n) is 8.63. The van der Waals surface area contributed by atoms with E-state index in [1.807, 2.05) is 0 Å². The first-order valence-corrected chi connectivity index (χ1v) is 4.55. The van der Waals surface area contributed by atoms with E-state index in [9.17, 15) is 9.90 Å². The lowest BCUT2D eigenvalue weighted by atomic mass is 10.1. The lowest BCUT2D eigenvalue weighted by Gasteiger charge is -2.09. The molecule has 76 valence electrons. The SMILES string of the molecule is CCC(=O)Oc1c(C)cc(O)cc1C. The topological polar surface area (TPSA) is 46.5 Å². The Labute approximate surface area is 83.3 Å². The monoisotopic (exact) mass is 194 g/mol. The van der Waals surface area contributed by atoms with Crippen molar-refractivity contribution in [2.75, 3.05) is 0 Å². The van der Waals surface area contributed by atoms with Crippen LogP contribution in [-0.2, 0) is 4.79 Å². The number of hydrogen-bond donors (Lipinski definition) is 1. The van der Waals surface area contributed by atoms with Crippen LogP contribution in [0.5, 0.6) is 11.5 Å². The van der Waals surface area contributed by atoms with Gasteiger partial charge < -0.3 is 9.84 Å².